The van der Waals surface area contributed by atoms with Crippen molar-refractivity contribution in [1.82, 2.24) is 0 Å². The quantitative estimate of drug-likeness (QED) is 0.0933. The molecule has 9 unspecified atom stereocenters. The Balaban J connectivity index is 1.60. The zero-order valence-electron chi connectivity index (χ0n) is 29.1. The molecule has 3 fully saturated rings. The van der Waals surface area contributed by atoms with Crippen LogP contribution in [0.25, 0.3) is 0 Å². The third-order valence-corrected chi connectivity index (χ3v) is 10.4. The molecule has 0 amide bonds. The average Bonchev–Trinajstić information content (AvgIpc) is 3.58. The Kier molecular flexibility index (Phi) is 15.4. The van der Waals surface area contributed by atoms with E-state index in [2.05, 4.69) is 42.9 Å². The van der Waals surface area contributed by atoms with Crippen LogP contribution in [-0.4, -0.2) is 85.1 Å². The Labute approximate surface area is 282 Å². The number of ether oxygens (including phenoxy) is 6. The summed E-state index contributed by atoms with van der Waals surface area (Å²) >= 11 is 0. The summed E-state index contributed by atoms with van der Waals surface area (Å²) in [6.45, 7) is 7.42. The predicted molar refractivity (Wildman–Crippen MR) is 179 cm³/mol. The van der Waals surface area contributed by atoms with Gasteiger partial charge >= 0.3 is 5.97 Å². The van der Waals surface area contributed by atoms with E-state index in [1.807, 2.05) is 6.92 Å². The summed E-state index contributed by atoms with van der Waals surface area (Å²) in [5.41, 5.74) is 2.19. The molecule has 0 aromatic rings. The van der Waals surface area contributed by atoms with Crippen LogP contribution in [0.4, 0.5) is 0 Å². The van der Waals surface area contributed by atoms with Crippen LogP contribution in [-0.2, 0) is 47.5 Å². The van der Waals surface area contributed by atoms with Gasteiger partial charge in [-0.05, 0) is 121 Å². The summed E-state index contributed by atoms with van der Waals surface area (Å²) in [5.74, 6) is 0.378. The van der Waals surface area contributed by atoms with Crippen LogP contribution in [0.1, 0.15) is 91.4 Å². The summed E-state index contributed by atoms with van der Waals surface area (Å²) in [7, 11) is -2.49. The van der Waals surface area contributed by atoms with Crippen molar-refractivity contribution in [2.75, 3.05) is 39.8 Å². The van der Waals surface area contributed by atoms with Crippen LogP contribution in [0.2, 0.25) is 0 Å². The van der Waals surface area contributed by atoms with E-state index in [0.717, 1.165) is 89.3 Å². The molecule has 11 heteroatoms. The van der Waals surface area contributed by atoms with Gasteiger partial charge in [-0.2, -0.15) is 8.42 Å². The molecule has 0 N–H and O–H groups in total. The van der Waals surface area contributed by atoms with Crippen molar-refractivity contribution in [3.8, 4) is 0 Å². The smallest absolute Gasteiger partial charge is 0.331 e. The summed E-state index contributed by atoms with van der Waals surface area (Å²) < 4.78 is 65.9. The highest BCUT2D eigenvalue weighted by atomic mass is 32.2. The SMILES string of the molecule is CC=CC(CC(CCC=C(C)C)C1C(OC2CCCCO2)CC2C=C(C(COCC(=O)OC)OS(C)(=O)=O)CC21)OC1CCCCO1. The third kappa shape index (κ3) is 12.3. The fourth-order valence-electron chi connectivity index (χ4n) is 7.78. The van der Waals surface area contributed by atoms with Crippen molar-refractivity contribution in [2.45, 2.75) is 122 Å². The molecule has 0 bridgehead atoms. The fraction of sp³-hybridized carbons (Fsp3) is 0.806. The Hall–Kier alpha value is -1.60. The van der Waals surface area contributed by atoms with E-state index in [9.17, 15) is 13.2 Å². The first-order chi connectivity index (χ1) is 22.6. The first-order valence-electron chi connectivity index (χ1n) is 17.6. The molecule has 10 nitrogen and oxygen atoms in total. The molecular weight excluding hydrogens is 624 g/mol. The zero-order valence-corrected chi connectivity index (χ0v) is 29.9. The molecule has 1 saturated carbocycles. The van der Waals surface area contributed by atoms with E-state index in [-0.39, 0.29) is 61.7 Å². The van der Waals surface area contributed by atoms with Crippen molar-refractivity contribution < 1.29 is 45.8 Å². The summed E-state index contributed by atoms with van der Waals surface area (Å²) in [6.07, 6.45) is 18.9. The minimum atomic E-state index is -3.78. The van der Waals surface area contributed by atoms with Crippen LogP contribution in [0, 0.1) is 23.7 Å². The molecule has 0 aromatic carbocycles. The summed E-state index contributed by atoms with van der Waals surface area (Å²) in [5, 5.41) is 0. The van der Waals surface area contributed by atoms with Crippen LogP contribution in [0.15, 0.2) is 35.5 Å². The van der Waals surface area contributed by atoms with Crippen molar-refractivity contribution in [3.05, 3.63) is 35.5 Å². The first kappa shape index (κ1) is 38.2. The molecule has 4 rings (SSSR count). The van der Waals surface area contributed by atoms with Crippen molar-refractivity contribution >= 4 is 16.1 Å². The fourth-order valence-corrected chi connectivity index (χ4v) is 8.38. The monoisotopic (exact) mass is 682 g/mol. The first-order valence-corrected chi connectivity index (χ1v) is 19.4. The minimum Gasteiger partial charge on any atom is -0.467 e. The number of hydrogen-bond donors (Lipinski definition) is 0. The molecule has 268 valence electrons. The number of allylic oxidation sites excluding steroid dienone is 4. The van der Waals surface area contributed by atoms with Gasteiger partial charge in [0.05, 0.1) is 32.2 Å². The third-order valence-electron chi connectivity index (χ3n) is 9.80. The molecule has 2 aliphatic heterocycles. The number of methoxy groups -OCH3 is 1. The van der Waals surface area contributed by atoms with Crippen LogP contribution < -0.4 is 0 Å². The lowest BCUT2D eigenvalue weighted by molar-refractivity contribution is -0.203. The molecular formula is C36H58O10S. The van der Waals surface area contributed by atoms with Gasteiger partial charge in [-0.3, -0.25) is 4.18 Å². The van der Waals surface area contributed by atoms with Crippen molar-refractivity contribution in [2.24, 2.45) is 23.7 Å². The lowest BCUT2D eigenvalue weighted by Gasteiger charge is -2.37. The molecule has 0 aromatic heterocycles. The van der Waals surface area contributed by atoms with Crippen LogP contribution >= 0.6 is 0 Å². The van der Waals surface area contributed by atoms with E-state index in [1.165, 1.54) is 12.7 Å². The highest BCUT2D eigenvalue weighted by Crippen LogP contribution is 2.53. The van der Waals surface area contributed by atoms with Gasteiger partial charge in [0.15, 0.2) is 12.6 Å². The Morgan fingerprint density at radius 1 is 1.09 bits per heavy atom. The molecule has 47 heavy (non-hydrogen) atoms. The Morgan fingerprint density at radius 2 is 1.81 bits per heavy atom. The molecule has 4 aliphatic rings. The van der Waals surface area contributed by atoms with Crippen molar-refractivity contribution in [3.63, 3.8) is 0 Å². The number of hydrogen-bond acceptors (Lipinski definition) is 10. The van der Waals surface area contributed by atoms with Gasteiger partial charge in [-0.15, -0.1) is 0 Å². The Morgan fingerprint density at radius 3 is 2.43 bits per heavy atom. The van der Waals surface area contributed by atoms with Crippen LogP contribution in [0.5, 0.6) is 0 Å². The number of fused-ring (bicyclic) bond motifs is 1. The van der Waals surface area contributed by atoms with Gasteiger partial charge < -0.3 is 28.4 Å². The Bertz CT molecular complexity index is 1160. The lowest BCUT2D eigenvalue weighted by atomic mass is 9.75. The van der Waals surface area contributed by atoms with E-state index in [1.54, 1.807) is 0 Å². The van der Waals surface area contributed by atoms with E-state index < -0.39 is 22.2 Å². The topological polar surface area (TPSA) is 116 Å². The second kappa shape index (κ2) is 19.0. The molecule has 2 heterocycles. The van der Waals surface area contributed by atoms with E-state index >= 15 is 0 Å². The lowest BCUT2D eigenvalue weighted by Crippen LogP contribution is -2.37. The van der Waals surface area contributed by atoms with Gasteiger partial charge in [-0.25, -0.2) is 4.79 Å². The van der Waals surface area contributed by atoms with Gasteiger partial charge in [-0.1, -0.05) is 29.9 Å². The normalized spacial score (nSPS) is 30.0. The van der Waals surface area contributed by atoms with Gasteiger partial charge in [0, 0.05) is 13.2 Å². The maximum atomic E-state index is 12.3. The maximum absolute atomic E-state index is 12.3. The van der Waals surface area contributed by atoms with E-state index in [4.69, 9.17) is 27.9 Å². The second-order valence-electron chi connectivity index (χ2n) is 13.8. The second-order valence-corrected chi connectivity index (χ2v) is 15.4. The van der Waals surface area contributed by atoms with Gasteiger partial charge in [0.2, 0.25) is 0 Å². The number of carbonyl (C=O) groups excluding carboxylic acids is 1. The van der Waals surface area contributed by atoms with Gasteiger partial charge in [0.25, 0.3) is 10.1 Å². The molecule has 2 saturated heterocycles. The van der Waals surface area contributed by atoms with Crippen LogP contribution in [0.3, 0.4) is 0 Å². The summed E-state index contributed by atoms with van der Waals surface area (Å²) in [4.78, 5) is 11.7. The predicted octanol–water partition coefficient (Wildman–Crippen LogP) is 6.26. The highest BCUT2D eigenvalue weighted by Gasteiger charge is 2.51. The molecule has 0 spiro atoms. The zero-order chi connectivity index (χ0) is 33.8. The van der Waals surface area contributed by atoms with Gasteiger partial charge in [0.1, 0.15) is 12.7 Å². The minimum absolute atomic E-state index is 0.00430. The number of carbonyl (C=O) groups is 1. The molecule has 0 radical (unpaired) electrons. The highest BCUT2D eigenvalue weighted by molar-refractivity contribution is 7.86. The summed E-state index contributed by atoms with van der Waals surface area (Å²) in [6, 6.07) is 0. The maximum Gasteiger partial charge on any atom is 0.331 e. The largest absolute Gasteiger partial charge is 0.467 e. The average molecular weight is 683 g/mol. The number of rotatable bonds is 18. The standard InChI is InChI=1S/C36H58O10S/c1-6-12-29(44-34-15-7-9-17-42-34)20-26(14-11-13-25(2)3)36-30-21-28(32(46-47(5,38)39)23-41-24-33(37)40-4)19-27(30)22-31(36)45-35-16-8-10-18-43-35/h6,12-13,19,26-27,29-32,34-36H,7-11,14-18,20-24H2,1-5H3. The molecule has 2 aliphatic carbocycles. The van der Waals surface area contributed by atoms with Crippen molar-refractivity contribution in [1.29, 1.82) is 0 Å². The molecule has 9 atom stereocenters. The number of esters is 1. The van der Waals surface area contributed by atoms with E-state index in [0.29, 0.717) is 6.42 Å².